The highest BCUT2D eigenvalue weighted by atomic mass is 16.6. The number of anilines is 1. The number of cyclic esters (lactones) is 1. The molecule has 112 valence electrons. The zero-order chi connectivity index (χ0) is 14.7. The van der Waals surface area contributed by atoms with Gasteiger partial charge in [0.1, 0.15) is 11.7 Å². The van der Waals surface area contributed by atoms with Gasteiger partial charge in [-0.25, -0.2) is 4.79 Å². The third-order valence-electron chi connectivity index (χ3n) is 4.00. The van der Waals surface area contributed by atoms with Crippen LogP contribution in [0.1, 0.15) is 39.0 Å². The molecule has 4 nitrogen and oxygen atoms in total. The molecule has 21 heavy (non-hydrogen) atoms. The van der Waals surface area contributed by atoms with Crippen LogP contribution in [-0.4, -0.2) is 18.7 Å². The second-order valence-electron chi connectivity index (χ2n) is 5.61. The van der Waals surface area contributed by atoms with Crippen LogP contribution >= 0.6 is 0 Å². The Labute approximate surface area is 124 Å². The highest BCUT2D eigenvalue weighted by Crippen LogP contribution is 2.27. The fraction of sp³-hybridized carbons (Fsp3) is 0.471. The molecule has 0 saturated carbocycles. The number of benzene rings is 1. The summed E-state index contributed by atoms with van der Waals surface area (Å²) >= 11 is 0. The largest absolute Gasteiger partial charge is 0.464 e. The second-order valence-corrected chi connectivity index (χ2v) is 5.61. The van der Waals surface area contributed by atoms with E-state index in [2.05, 4.69) is 6.92 Å². The van der Waals surface area contributed by atoms with Crippen molar-refractivity contribution in [2.75, 3.05) is 11.4 Å². The van der Waals surface area contributed by atoms with Crippen LogP contribution in [0.3, 0.4) is 0 Å². The van der Waals surface area contributed by atoms with E-state index in [1.165, 1.54) is 19.3 Å². The maximum atomic E-state index is 12.0. The minimum absolute atomic E-state index is 0.0226. The number of hydrogen-bond donors (Lipinski definition) is 0. The van der Waals surface area contributed by atoms with Crippen LogP contribution in [0, 0.1) is 0 Å². The van der Waals surface area contributed by atoms with E-state index >= 15 is 0 Å². The number of carbonyl (C=O) groups is 1. The van der Waals surface area contributed by atoms with Crippen LogP contribution < -0.4 is 4.90 Å². The van der Waals surface area contributed by atoms with Crippen molar-refractivity contribution in [3.05, 3.63) is 30.5 Å². The number of amides is 1. The molecule has 4 heteroatoms. The standard InChI is InChI=1S/C17H21NO3/c1-2-3-4-5-6-15-12-18(17(19)21-15)14-7-8-16-13(11-14)9-10-20-16/h7-11,15H,2-6,12H2,1H3. The van der Waals surface area contributed by atoms with E-state index in [0.29, 0.717) is 6.54 Å². The van der Waals surface area contributed by atoms with E-state index in [9.17, 15) is 4.79 Å². The van der Waals surface area contributed by atoms with Crippen LogP contribution in [0.5, 0.6) is 0 Å². The van der Waals surface area contributed by atoms with Crippen molar-refractivity contribution < 1.29 is 13.9 Å². The van der Waals surface area contributed by atoms with Crippen molar-refractivity contribution in [3.8, 4) is 0 Å². The summed E-state index contributed by atoms with van der Waals surface area (Å²) in [5.74, 6) is 0. The lowest BCUT2D eigenvalue weighted by Crippen LogP contribution is -2.24. The molecule has 2 aromatic rings. The molecule has 2 heterocycles. The molecule has 0 aliphatic carbocycles. The Bertz CT molecular complexity index is 619. The first-order valence-corrected chi connectivity index (χ1v) is 7.73. The first kappa shape index (κ1) is 14.0. The van der Waals surface area contributed by atoms with Crippen LogP contribution in [0.2, 0.25) is 0 Å². The van der Waals surface area contributed by atoms with Gasteiger partial charge in [-0.2, -0.15) is 0 Å². The fourth-order valence-corrected chi connectivity index (χ4v) is 2.80. The lowest BCUT2D eigenvalue weighted by atomic mass is 10.1. The average Bonchev–Trinajstić information content (AvgIpc) is 3.09. The monoisotopic (exact) mass is 287 g/mol. The molecule has 1 saturated heterocycles. The molecule has 1 unspecified atom stereocenters. The zero-order valence-corrected chi connectivity index (χ0v) is 12.4. The molecule has 1 aliphatic rings. The summed E-state index contributed by atoms with van der Waals surface area (Å²) in [5, 5.41) is 1.01. The quantitative estimate of drug-likeness (QED) is 0.721. The van der Waals surface area contributed by atoms with Gasteiger partial charge >= 0.3 is 6.09 Å². The highest BCUT2D eigenvalue weighted by Gasteiger charge is 2.31. The van der Waals surface area contributed by atoms with E-state index in [-0.39, 0.29) is 12.2 Å². The second kappa shape index (κ2) is 6.20. The number of unbranched alkanes of at least 4 members (excludes halogenated alkanes) is 3. The van der Waals surface area contributed by atoms with Gasteiger partial charge in [0, 0.05) is 11.1 Å². The van der Waals surface area contributed by atoms with E-state index in [0.717, 1.165) is 29.5 Å². The first-order valence-electron chi connectivity index (χ1n) is 7.73. The van der Waals surface area contributed by atoms with Crippen molar-refractivity contribution in [1.82, 2.24) is 0 Å². The van der Waals surface area contributed by atoms with Crippen LogP contribution in [0.25, 0.3) is 11.0 Å². The van der Waals surface area contributed by atoms with Crippen molar-refractivity contribution >= 4 is 22.7 Å². The summed E-state index contributed by atoms with van der Waals surface area (Å²) in [5.41, 5.74) is 1.72. The molecule has 1 fully saturated rings. The predicted molar refractivity (Wildman–Crippen MR) is 82.6 cm³/mol. The number of ether oxygens (including phenoxy) is 1. The van der Waals surface area contributed by atoms with Gasteiger partial charge in [-0.15, -0.1) is 0 Å². The van der Waals surface area contributed by atoms with Gasteiger partial charge in [-0.1, -0.05) is 26.2 Å². The van der Waals surface area contributed by atoms with E-state index < -0.39 is 0 Å². The Hall–Kier alpha value is -1.97. The van der Waals surface area contributed by atoms with Crippen LogP contribution in [0.4, 0.5) is 10.5 Å². The fourth-order valence-electron chi connectivity index (χ4n) is 2.80. The summed E-state index contributed by atoms with van der Waals surface area (Å²) in [6, 6.07) is 7.68. The van der Waals surface area contributed by atoms with Crippen molar-refractivity contribution in [3.63, 3.8) is 0 Å². The van der Waals surface area contributed by atoms with Gasteiger partial charge in [-0.3, -0.25) is 4.90 Å². The van der Waals surface area contributed by atoms with E-state index in [1.807, 2.05) is 24.3 Å². The SMILES string of the molecule is CCCCCCC1CN(c2ccc3occc3c2)C(=O)O1. The smallest absolute Gasteiger partial charge is 0.414 e. The van der Waals surface area contributed by atoms with Crippen LogP contribution in [-0.2, 0) is 4.74 Å². The minimum atomic E-state index is -0.238. The molecule has 1 aromatic heterocycles. The predicted octanol–water partition coefficient (Wildman–Crippen LogP) is 4.73. The highest BCUT2D eigenvalue weighted by molar-refractivity contribution is 5.93. The first-order chi connectivity index (χ1) is 10.3. The Kier molecular flexibility index (Phi) is 4.13. The molecule has 1 atom stereocenters. The molecule has 1 aromatic carbocycles. The van der Waals surface area contributed by atoms with Gasteiger partial charge in [0.15, 0.2) is 0 Å². The molecule has 0 N–H and O–H groups in total. The molecule has 0 bridgehead atoms. The molecule has 1 aliphatic heterocycles. The Morgan fingerprint density at radius 1 is 1.24 bits per heavy atom. The number of hydrogen-bond acceptors (Lipinski definition) is 3. The number of fused-ring (bicyclic) bond motifs is 1. The summed E-state index contributed by atoms with van der Waals surface area (Å²) in [6.45, 7) is 2.84. The third kappa shape index (κ3) is 3.04. The number of furan rings is 1. The van der Waals surface area contributed by atoms with Gasteiger partial charge in [0.05, 0.1) is 12.8 Å². The average molecular weight is 287 g/mol. The van der Waals surface area contributed by atoms with E-state index in [1.54, 1.807) is 11.2 Å². The molecule has 3 rings (SSSR count). The maximum absolute atomic E-state index is 12.0. The normalized spacial score (nSPS) is 18.4. The Morgan fingerprint density at radius 2 is 2.14 bits per heavy atom. The van der Waals surface area contributed by atoms with Gasteiger partial charge in [-0.05, 0) is 37.1 Å². The molecular formula is C17H21NO3. The van der Waals surface area contributed by atoms with Crippen LogP contribution in [0.15, 0.2) is 34.9 Å². The van der Waals surface area contributed by atoms with Crippen molar-refractivity contribution in [2.45, 2.75) is 45.1 Å². The summed E-state index contributed by atoms with van der Waals surface area (Å²) in [4.78, 5) is 13.7. The Balaban J connectivity index is 1.64. The Morgan fingerprint density at radius 3 is 3.00 bits per heavy atom. The lowest BCUT2D eigenvalue weighted by Gasteiger charge is -2.12. The van der Waals surface area contributed by atoms with Crippen molar-refractivity contribution in [1.29, 1.82) is 0 Å². The summed E-state index contributed by atoms with van der Waals surface area (Å²) in [6.07, 6.45) is 7.21. The maximum Gasteiger partial charge on any atom is 0.414 e. The minimum Gasteiger partial charge on any atom is -0.464 e. The van der Waals surface area contributed by atoms with Gasteiger partial charge < -0.3 is 9.15 Å². The molecule has 1 amide bonds. The zero-order valence-electron chi connectivity index (χ0n) is 12.4. The third-order valence-corrected chi connectivity index (χ3v) is 4.00. The van der Waals surface area contributed by atoms with Crippen molar-refractivity contribution in [2.24, 2.45) is 0 Å². The summed E-state index contributed by atoms with van der Waals surface area (Å²) < 4.78 is 10.8. The topological polar surface area (TPSA) is 42.7 Å². The molecular weight excluding hydrogens is 266 g/mol. The number of rotatable bonds is 6. The molecule has 0 radical (unpaired) electrons. The number of nitrogens with zero attached hydrogens (tertiary/aromatic N) is 1. The van der Waals surface area contributed by atoms with Gasteiger partial charge in [0.25, 0.3) is 0 Å². The summed E-state index contributed by atoms with van der Waals surface area (Å²) in [7, 11) is 0. The lowest BCUT2D eigenvalue weighted by molar-refractivity contribution is 0.135. The molecule has 0 spiro atoms. The number of carbonyl (C=O) groups excluding carboxylic acids is 1. The van der Waals surface area contributed by atoms with Gasteiger partial charge in [0.2, 0.25) is 0 Å². The van der Waals surface area contributed by atoms with E-state index in [4.69, 9.17) is 9.15 Å².